The number of carbonyl (C=O) groups is 1. The third-order valence-electron chi connectivity index (χ3n) is 10.0. The Morgan fingerprint density at radius 3 is 1.63 bits per heavy atom. The number of esters is 1. The zero-order valence-electron chi connectivity index (χ0n) is 37.9. The molecular weight excluding hydrogens is 813 g/mol. The van der Waals surface area contributed by atoms with Crippen molar-refractivity contribution >= 4 is 16.4 Å². The van der Waals surface area contributed by atoms with Crippen molar-refractivity contribution in [3.05, 3.63) is 85.1 Å². The predicted molar refractivity (Wildman–Crippen MR) is 248 cm³/mol. The molecule has 0 aromatic carbocycles. The van der Waals surface area contributed by atoms with Gasteiger partial charge >= 0.3 is 16.4 Å². The van der Waals surface area contributed by atoms with Crippen molar-refractivity contribution in [1.82, 2.24) is 0 Å². The quantitative estimate of drug-likeness (QED) is 0.0199. The van der Waals surface area contributed by atoms with Crippen LogP contribution >= 0.6 is 0 Å². The van der Waals surface area contributed by atoms with Gasteiger partial charge in [-0.05, 0) is 70.6 Å². The molecule has 356 valence electrons. The van der Waals surface area contributed by atoms with Gasteiger partial charge in [0.25, 0.3) is 0 Å². The fraction of sp³-hybridized carbons (Fsp3) is 0.694. The van der Waals surface area contributed by atoms with Crippen molar-refractivity contribution in [3.8, 4) is 0 Å². The Bertz CT molecular complexity index is 1400. The number of carbonyl (C=O) groups excluding carboxylic acids is 1. The van der Waals surface area contributed by atoms with Crippen LogP contribution in [-0.4, -0.2) is 97.5 Å². The number of unbranched alkanes of at least 4 members (excludes halogenated alkanes) is 12. The standard InChI is InChI=1S/C49H82O12S/c1-3-5-7-9-11-13-14-15-16-17-18-19-20-21-22-23-24-25-26-27-28-29-31-33-35-37-39-57-41-43(59-45(51)38-36-34-32-30-12-10-8-6-4-2)42-58-49-47(53)48(61-62(54,55)56)46(52)44(40-50)60-49/h5,7,11,13,15-16,18-19,21-22,24-25,27-28,43-44,46-50,52-53H,3-4,6,8-10,12,14,17,20,23,26,29-42H2,1-2H3,(H,54,55,56)/b7-5-,13-11-,16-15-,19-18-,22-21-,25-24-,28-27-. The first kappa shape index (κ1) is 57.3. The molecule has 0 spiro atoms. The minimum Gasteiger partial charge on any atom is -0.457 e. The molecule has 62 heavy (non-hydrogen) atoms. The number of aliphatic hydroxyl groups is 3. The van der Waals surface area contributed by atoms with Gasteiger partial charge < -0.3 is 34.3 Å². The maximum Gasteiger partial charge on any atom is 0.397 e. The molecule has 12 nitrogen and oxygen atoms in total. The Balaban J connectivity index is 2.36. The Hall–Kier alpha value is -2.72. The van der Waals surface area contributed by atoms with Crippen molar-refractivity contribution in [1.29, 1.82) is 0 Å². The average Bonchev–Trinajstić information content (AvgIpc) is 3.24. The van der Waals surface area contributed by atoms with Crippen LogP contribution in [0.15, 0.2) is 85.1 Å². The van der Waals surface area contributed by atoms with Crippen LogP contribution < -0.4 is 0 Å². The van der Waals surface area contributed by atoms with Crippen LogP contribution in [0.25, 0.3) is 0 Å². The van der Waals surface area contributed by atoms with Gasteiger partial charge in [-0.3, -0.25) is 9.35 Å². The highest BCUT2D eigenvalue weighted by atomic mass is 32.3. The average molecular weight is 895 g/mol. The summed E-state index contributed by atoms with van der Waals surface area (Å²) in [6.07, 6.45) is 43.5. The monoisotopic (exact) mass is 895 g/mol. The zero-order valence-corrected chi connectivity index (χ0v) is 38.7. The normalized spacial score (nSPS) is 20.8. The molecule has 0 aromatic heterocycles. The molecule has 6 unspecified atom stereocenters. The van der Waals surface area contributed by atoms with E-state index >= 15 is 0 Å². The van der Waals surface area contributed by atoms with E-state index in [-0.39, 0.29) is 19.6 Å². The topological polar surface area (TPSA) is 178 Å². The van der Waals surface area contributed by atoms with Crippen LogP contribution in [0.2, 0.25) is 0 Å². The van der Waals surface area contributed by atoms with Crippen molar-refractivity contribution in [2.24, 2.45) is 0 Å². The van der Waals surface area contributed by atoms with Crippen LogP contribution in [0.3, 0.4) is 0 Å². The maximum atomic E-state index is 12.8. The first-order chi connectivity index (χ1) is 30.1. The Morgan fingerprint density at radius 2 is 1.11 bits per heavy atom. The Morgan fingerprint density at radius 1 is 0.629 bits per heavy atom. The van der Waals surface area contributed by atoms with Gasteiger partial charge in [0.05, 0.1) is 19.8 Å². The minimum atomic E-state index is -5.07. The summed E-state index contributed by atoms with van der Waals surface area (Å²) in [5, 5.41) is 30.6. The summed E-state index contributed by atoms with van der Waals surface area (Å²) in [5.41, 5.74) is 0. The number of aliphatic hydroxyl groups excluding tert-OH is 3. The van der Waals surface area contributed by atoms with Crippen LogP contribution in [0.4, 0.5) is 0 Å². The lowest BCUT2D eigenvalue weighted by atomic mass is 9.99. The summed E-state index contributed by atoms with van der Waals surface area (Å²) < 4.78 is 58.9. The number of hydrogen-bond acceptors (Lipinski definition) is 11. The van der Waals surface area contributed by atoms with E-state index in [0.29, 0.717) is 13.0 Å². The molecule has 6 atom stereocenters. The summed E-state index contributed by atoms with van der Waals surface area (Å²) in [4.78, 5) is 12.8. The molecule has 1 heterocycles. The lowest BCUT2D eigenvalue weighted by molar-refractivity contribution is -0.301. The van der Waals surface area contributed by atoms with Crippen molar-refractivity contribution in [2.45, 2.75) is 192 Å². The van der Waals surface area contributed by atoms with Gasteiger partial charge in [0.15, 0.2) is 6.29 Å². The molecule has 1 fully saturated rings. The molecule has 0 aliphatic carbocycles. The van der Waals surface area contributed by atoms with Gasteiger partial charge in [0.2, 0.25) is 0 Å². The third-order valence-corrected chi connectivity index (χ3v) is 10.5. The summed E-state index contributed by atoms with van der Waals surface area (Å²) in [7, 11) is -5.07. The summed E-state index contributed by atoms with van der Waals surface area (Å²) in [6, 6.07) is 0. The van der Waals surface area contributed by atoms with E-state index in [9.17, 15) is 28.5 Å². The van der Waals surface area contributed by atoms with E-state index in [1.165, 1.54) is 32.1 Å². The molecule has 0 radical (unpaired) electrons. The van der Waals surface area contributed by atoms with Crippen molar-refractivity contribution in [3.63, 3.8) is 0 Å². The van der Waals surface area contributed by atoms with Crippen LogP contribution in [0, 0.1) is 0 Å². The van der Waals surface area contributed by atoms with Gasteiger partial charge in [0, 0.05) is 13.0 Å². The molecule has 0 amide bonds. The van der Waals surface area contributed by atoms with E-state index < -0.39 is 59.8 Å². The molecule has 1 rings (SSSR count). The second-order valence-electron chi connectivity index (χ2n) is 15.6. The van der Waals surface area contributed by atoms with Gasteiger partial charge in [-0.1, -0.05) is 163 Å². The van der Waals surface area contributed by atoms with Gasteiger partial charge in [0.1, 0.15) is 30.5 Å². The minimum absolute atomic E-state index is 0.0145. The molecule has 1 saturated heterocycles. The molecule has 1 aliphatic heterocycles. The summed E-state index contributed by atoms with van der Waals surface area (Å²) in [5.74, 6) is -0.416. The SMILES string of the molecule is CC/C=C\C/C=C\C/C=C\C/C=C\C/C=C\C/C=C\C/C=C\CCCCCCOCC(COC1OC(CO)C(O)C(OS(=O)(=O)O)C1O)OC(=O)CCCCCCCCCCC. The largest absolute Gasteiger partial charge is 0.457 e. The maximum absolute atomic E-state index is 12.8. The highest BCUT2D eigenvalue weighted by Crippen LogP contribution is 2.26. The fourth-order valence-electron chi connectivity index (χ4n) is 6.53. The predicted octanol–water partition coefficient (Wildman–Crippen LogP) is 10.1. The van der Waals surface area contributed by atoms with E-state index in [1.807, 2.05) is 0 Å². The van der Waals surface area contributed by atoms with Crippen molar-refractivity contribution < 1.29 is 56.2 Å². The van der Waals surface area contributed by atoms with Gasteiger partial charge in [-0.2, -0.15) is 8.42 Å². The lowest BCUT2D eigenvalue weighted by Crippen LogP contribution is -2.60. The highest BCUT2D eigenvalue weighted by molar-refractivity contribution is 7.80. The lowest BCUT2D eigenvalue weighted by Gasteiger charge is -2.41. The highest BCUT2D eigenvalue weighted by Gasteiger charge is 2.48. The molecule has 0 aromatic rings. The molecule has 13 heteroatoms. The van der Waals surface area contributed by atoms with E-state index in [2.05, 4.69) is 103 Å². The number of rotatable bonds is 39. The molecule has 1 aliphatic rings. The number of ether oxygens (including phenoxy) is 4. The second kappa shape index (κ2) is 39.8. The Labute approximate surface area is 374 Å². The van der Waals surface area contributed by atoms with E-state index in [1.54, 1.807) is 0 Å². The fourth-order valence-corrected chi connectivity index (χ4v) is 7.04. The van der Waals surface area contributed by atoms with E-state index in [4.69, 9.17) is 23.5 Å². The smallest absolute Gasteiger partial charge is 0.397 e. The first-order valence-corrected chi connectivity index (χ1v) is 24.7. The first-order valence-electron chi connectivity index (χ1n) is 23.3. The molecule has 4 N–H and O–H groups in total. The Kier molecular flexibility index (Phi) is 36.8. The van der Waals surface area contributed by atoms with Gasteiger partial charge in [-0.25, -0.2) is 4.18 Å². The van der Waals surface area contributed by atoms with Crippen molar-refractivity contribution in [2.75, 3.05) is 26.4 Å². The van der Waals surface area contributed by atoms with Crippen LogP contribution in [-0.2, 0) is 38.3 Å². The van der Waals surface area contributed by atoms with Gasteiger partial charge in [-0.15, -0.1) is 0 Å². The molecule has 0 saturated carbocycles. The summed E-state index contributed by atoms with van der Waals surface area (Å²) >= 11 is 0. The summed E-state index contributed by atoms with van der Waals surface area (Å²) in [6.45, 7) is 3.76. The van der Waals surface area contributed by atoms with Crippen LogP contribution in [0.1, 0.15) is 155 Å². The number of hydrogen-bond donors (Lipinski definition) is 4. The zero-order chi connectivity index (χ0) is 45.4. The molecule has 0 bridgehead atoms. The second-order valence-corrected chi connectivity index (χ2v) is 16.7. The van der Waals surface area contributed by atoms with E-state index in [0.717, 1.165) is 96.3 Å². The number of allylic oxidation sites excluding steroid dienone is 14. The molecular formula is C49H82O12S. The van der Waals surface area contributed by atoms with Crippen LogP contribution in [0.5, 0.6) is 0 Å². The third kappa shape index (κ3) is 32.9.